The van der Waals surface area contributed by atoms with E-state index in [1.54, 1.807) is 39.1 Å². The van der Waals surface area contributed by atoms with Crippen LogP contribution in [0.3, 0.4) is 0 Å². The van der Waals surface area contributed by atoms with Crippen molar-refractivity contribution >= 4 is 17.6 Å². The second kappa shape index (κ2) is 7.54. The minimum atomic E-state index is -0.373. The topological polar surface area (TPSA) is 96.4 Å². The fraction of sp³-hybridized carbons (Fsp3) is 0.294. The number of hydrogen-bond acceptors (Lipinski definition) is 5. The number of hydrogen-bond donors (Lipinski definition) is 2. The maximum atomic E-state index is 12.0. The minimum Gasteiger partial charge on any atom is -0.462 e. The minimum absolute atomic E-state index is 0.312. The van der Waals surface area contributed by atoms with Crippen molar-refractivity contribution in [3.05, 3.63) is 52.6 Å². The number of nitrogens with one attached hydrogen (secondary N) is 2. The third-order valence-corrected chi connectivity index (χ3v) is 3.53. The molecule has 2 N–H and O–H groups in total. The van der Waals surface area contributed by atoms with Crippen molar-refractivity contribution in [3.8, 4) is 0 Å². The lowest BCUT2D eigenvalue weighted by molar-refractivity contribution is 0.0525. The van der Waals surface area contributed by atoms with Gasteiger partial charge < -0.3 is 9.72 Å². The summed E-state index contributed by atoms with van der Waals surface area (Å²) in [5.74, 6) is -0.726. The molecule has 0 atom stereocenters. The van der Waals surface area contributed by atoms with Gasteiger partial charge in [0.25, 0.3) is 5.91 Å². The molecular formula is C17H20N4O3. The van der Waals surface area contributed by atoms with Crippen LogP contribution in [0.15, 0.2) is 29.6 Å². The van der Waals surface area contributed by atoms with Crippen molar-refractivity contribution in [1.29, 1.82) is 0 Å². The smallest absolute Gasteiger partial charge is 0.340 e. The number of ether oxygens (including phenoxy) is 1. The van der Waals surface area contributed by atoms with Gasteiger partial charge in [-0.1, -0.05) is 0 Å². The van der Waals surface area contributed by atoms with E-state index < -0.39 is 0 Å². The summed E-state index contributed by atoms with van der Waals surface area (Å²) in [5, 5.41) is 4.10. The van der Waals surface area contributed by atoms with Gasteiger partial charge in [-0.25, -0.2) is 10.2 Å². The number of aryl methyl sites for hydroxylation is 1. The SMILES string of the molecule is CCOC(=O)c1c(C)[nH]c(/C(C)=N/NC(=O)c2cccnc2)c1C. The Labute approximate surface area is 140 Å². The Morgan fingerprint density at radius 3 is 2.75 bits per heavy atom. The highest BCUT2D eigenvalue weighted by molar-refractivity contribution is 6.04. The Morgan fingerprint density at radius 2 is 2.12 bits per heavy atom. The number of rotatable bonds is 5. The Kier molecular flexibility index (Phi) is 5.47. The summed E-state index contributed by atoms with van der Waals surface area (Å²) in [6.45, 7) is 7.43. The second-order valence-corrected chi connectivity index (χ2v) is 5.23. The van der Waals surface area contributed by atoms with Gasteiger partial charge in [0.1, 0.15) is 0 Å². The van der Waals surface area contributed by atoms with Gasteiger partial charge in [-0.2, -0.15) is 5.10 Å². The molecule has 2 aromatic rings. The van der Waals surface area contributed by atoms with Gasteiger partial charge in [0, 0.05) is 18.1 Å². The Hall–Kier alpha value is -2.96. The van der Waals surface area contributed by atoms with Crippen LogP contribution in [0.25, 0.3) is 0 Å². The fourth-order valence-electron chi connectivity index (χ4n) is 2.37. The standard InChI is InChI=1S/C17H20N4O3/c1-5-24-17(23)14-10(2)15(19-11(14)3)12(4)20-21-16(22)13-7-6-8-18-9-13/h6-9,19H,5H2,1-4H3,(H,21,22)/b20-12+. The lowest BCUT2D eigenvalue weighted by atomic mass is 10.1. The third kappa shape index (κ3) is 3.68. The molecule has 2 aromatic heterocycles. The zero-order valence-electron chi connectivity index (χ0n) is 14.1. The lowest BCUT2D eigenvalue weighted by Gasteiger charge is -2.04. The molecule has 0 saturated heterocycles. The molecule has 2 rings (SSSR count). The third-order valence-electron chi connectivity index (χ3n) is 3.53. The number of carbonyl (C=O) groups is 2. The highest BCUT2D eigenvalue weighted by atomic mass is 16.5. The van der Waals surface area contributed by atoms with Crippen LogP contribution in [0, 0.1) is 13.8 Å². The summed E-state index contributed by atoms with van der Waals surface area (Å²) in [6.07, 6.45) is 3.05. The number of hydrazone groups is 1. The van der Waals surface area contributed by atoms with Crippen LogP contribution in [-0.2, 0) is 4.74 Å². The van der Waals surface area contributed by atoms with Gasteiger partial charge >= 0.3 is 5.97 Å². The molecule has 0 spiro atoms. The van der Waals surface area contributed by atoms with E-state index in [0.717, 1.165) is 5.56 Å². The molecule has 0 aliphatic rings. The van der Waals surface area contributed by atoms with Gasteiger partial charge in [-0.3, -0.25) is 9.78 Å². The van der Waals surface area contributed by atoms with Crippen LogP contribution < -0.4 is 5.43 Å². The molecule has 24 heavy (non-hydrogen) atoms. The average Bonchev–Trinajstić information content (AvgIpc) is 2.88. The van der Waals surface area contributed by atoms with Crippen molar-refractivity contribution in [2.24, 2.45) is 5.10 Å². The molecule has 1 amide bonds. The van der Waals surface area contributed by atoms with Crippen LogP contribution in [0.2, 0.25) is 0 Å². The normalized spacial score (nSPS) is 11.2. The number of H-pyrrole nitrogens is 1. The first-order valence-electron chi connectivity index (χ1n) is 7.57. The van der Waals surface area contributed by atoms with Crippen molar-refractivity contribution in [2.75, 3.05) is 6.61 Å². The van der Waals surface area contributed by atoms with E-state index in [9.17, 15) is 9.59 Å². The maximum absolute atomic E-state index is 12.0. The summed E-state index contributed by atoms with van der Waals surface area (Å²) in [6, 6.07) is 3.33. The molecule has 0 aromatic carbocycles. The largest absolute Gasteiger partial charge is 0.462 e. The highest BCUT2D eigenvalue weighted by Crippen LogP contribution is 2.19. The second-order valence-electron chi connectivity index (χ2n) is 5.23. The summed E-state index contributed by atoms with van der Waals surface area (Å²) < 4.78 is 5.06. The maximum Gasteiger partial charge on any atom is 0.340 e. The number of pyridine rings is 1. The van der Waals surface area contributed by atoms with Crippen LogP contribution in [0.5, 0.6) is 0 Å². The van der Waals surface area contributed by atoms with Crippen LogP contribution >= 0.6 is 0 Å². The van der Waals surface area contributed by atoms with E-state index in [2.05, 4.69) is 20.5 Å². The van der Waals surface area contributed by atoms with Crippen molar-refractivity contribution in [3.63, 3.8) is 0 Å². The molecule has 0 radical (unpaired) electrons. The van der Waals surface area contributed by atoms with E-state index in [1.807, 2.05) is 6.92 Å². The van der Waals surface area contributed by atoms with E-state index in [4.69, 9.17) is 4.74 Å². The quantitative estimate of drug-likeness (QED) is 0.500. The lowest BCUT2D eigenvalue weighted by Crippen LogP contribution is -2.19. The fourth-order valence-corrected chi connectivity index (χ4v) is 2.37. The first kappa shape index (κ1) is 17.4. The summed E-state index contributed by atoms with van der Waals surface area (Å²) >= 11 is 0. The molecule has 0 aliphatic carbocycles. The number of aromatic nitrogens is 2. The van der Waals surface area contributed by atoms with Gasteiger partial charge in [0.05, 0.1) is 29.1 Å². The number of esters is 1. The molecule has 126 valence electrons. The average molecular weight is 328 g/mol. The van der Waals surface area contributed by atoms with Gasteiger partial charge in [-0.15, -0.1) is 0 Å². The van der Waals surface area contributed by atoms with Crippen molar-refractivity contribution in [2.45, 2.75) is 27.7 Å². The zero-order chi connectivity index (χ0) is 17.7. The number of carbonyl (C=O) groups excluding carboxylic acids is 2. The Morgan fingerprint density at radius 1 is 1.38 bits per heavy atom. The predicted molar refractivity (Wildman–Crippen MR) is 90.1 cm³/mol. The molecule has 2 heterocycles. The van der Waals surface area contributed by atoms with Crippen LogP contribution in [0.1, 0.15) is 51.5 Å². The molecule has 0 saturated carbocycles. The molecular weight excluding hydrogens is 308 g/mol. The van der Waals surface area contributed by atoms with E-state index in [0.29, 0.717) is 34.8 Å². The summed E-state index contributed by atoms with van der Waals surface area (Å²) in [7, 11) is 0. The monoisotopic (exact) mass is 328 g/mol. The van der Waals surface area contributed by atoms with E-state index >= 15 is 0 Å². The number of nitrogens with zero attached hydrogens (tertiary/aromatic N) is 2. The van der Waals surface area contributed by atoms with Crippen LogP contribution in [0.4, 0.5) is 0 Å². The molecule has 0 bridgehead atoms. The van der Waals surface area contributed by atoms with E-state index in [1.165, 1.54) is 6.20 Å². The predicted octanol–water partition coefficient (Wildman–Crippen LogP) is 2.36. The Bertz CT molecular complexity index is 779. The summed E-state index contributed by atoms with van der Waals surface area (Å²) in [4.78, 5) is 31.0. The van der Waals surface area contributed by atoms with Crippen molar-refractivity contribution in [1.82, 2.24) is 15.4 Å². The summed E-state index contributed by atoms with van der Waals surface area (Å²) in [5.41, 5.74) is 6.08. The van der Waals surface area contributed by atoms with Crippen molar-refractivity contribution < 1.29 is 14.3 Å². The molecule has 7 heteroatoms. The first-order chi connectivity index (χ1) is 11.5. The molecule has 7 nitrogen and oxygen atoms in total. The van der Waals surface area contributed by atoms with Gasteiger partial charge in [0.2, 0.25) is 0 Å². The molecule has 0 aliphatic heterocycles. The Balaban J connectivity index is 2.21. The zero-order valence-corrected chi connectivity index (χ0v) is 14.1. The van der Waals surface area contributed by atoms with Crippen LogP contribution in [-0.4, -0.2) is 34.2 Å². The van der Waals surface area contributed by atoms with E-state index in [-0.39, 0.29) is 11.9 Å². The van der Waals surface area contributed by atoms with Gasteiger partial charge in [-0.05, 0) is 45.4 Å². The molecule has 0 unspecified atom stereocenters. The number of amides is 1. The highest BCUT2D eigenvalue weighted by Gasteiger charge is 2.20. The molecule has 0 fully saturated rings. The number of aromatic amines is 1. The first-order valence-corrected chi connectivity index (χ1v) is 7.57. The van der Waals surface area contributed by atoms with Gasteiger partial charge in [0.15, 0.2) is 0 Å².